The summed E-state index contributed by atoms with van der Waals surface area (Å²) in [7, 11) is 0. The number of aliphatic imine (C=N–C) groups is 1. The zero-order valence-electron chi connectivity index (χ0n) is 17.2. The molecule has 1 fully saturated rings. The van der Waals surface area contributed by atoms with E-state index in [1.165, 1.54) is 12.1 Å². The number of esters is 1. The van der Waals surface area contributed by atoms with Crippen LogP contribution in [0.25, 0.3) is 0 Å². The highest BCUT2D eigenvalue weighted by atomic mass is 19.4. The number of allylic oxidation sites excluding steroid dienone is 2. The molecule has 2 aliphatic heterocycles. The first kappa shape index (κ1) is 21.7. The predicted molar refractivity (Wildman–Crippen MR) is 107 cm³/mol. The van der Waals surface area contributed by atoms with Gasteiger partial charge >= 0.3 is 12.1 Å². The molecule has 1 unspecified atom stereocenters. The van der Waals surface area contributed by atoms with Crippen molar-refractivity contribution in [2.45, 2.75) is 57.2 Å². The summed E-state index contributed by atoms with van der Waals surface area (Å²) < 4.78 is 51.1. The van der Waals surface area contributed by atoms with E-state index in [1.807, 2.05) is 0 Å². The Labute approximate surface area is 178 Å². The molecule has 3 aliphatic rings. The van der Waals surface area contributed by atoms with Crippen molar-refractivity contribution in [3.63, 3.8) is 0 Å². The van der Waals surface area contributed by atoms with Gasteiger partial charge in [-0.25, -0.2) is 0 Å². The standard InChI is InChI=1S/C23H24F3NO4/c1-13-19(22(29)31-12-16-7-4-10-30-16)20(21-17(27-13)8-3-9-18(21)28)14-5-2-6-15(11-14)23(24,25)26/h2,5-6,11,16,19-20H,3-4,7-10,12H2,1H3/t16-,19?,20-/m0/s1. The molecule has 5 nitrogen and oxygen atoms in total. The number of hydrogen-bond acceptors (Lipinski definition) is 5. The summed E-state index contributed by atoms with van der Waals surface area (Å²) >= 11 is 0. The molecule has 2 heterocycles. The Kier molecular flexibility index (Phi) is 6.01. The van der Waals surface area contributed by atoms with Crippen molar-refractivity contribution in [3.8, 4) is 0 Å². The highest BCUT2D eigenvalue weighted by Gasteiger charge is 2.44. The van der Waals surface area contributed by atoms with E-state index in [4.69, 9.17) is 9.47 Å². The molecule has 8 heteroatoms. The van der Waals surface area contributed by atoms with Crippen molar-refractivity contribution >= 4 is 17.5 Å². The van der Waals surface area contributed by atoms with Crippen molar-refractivity contribution in [1.82, 2.24) is 0 Å². The van der Waals surface area contributed by atoms with Crippen molar-refractivity contribution in [2.75, 3.05) is 13.2 Å². The van der Waals surface area contributed by atoms with E-state index in [1.54, 1.807) is 6.92 Å². The van der Waals surface area contributed by atoms with Crippen LogP contribution in [0.5, 0.6) is 0 Å². The van der Waals surface area contributed by atoms with Crippen molar-refractivity contribution < 1.29 is 32.2 Å². The molecule has 31 heavy (non-hydrogen) atoms. The van der Waals surface area contributed by atoms with Crippen LogP contribution in [0.4, 0.5) is 13.2 Å². The van der Waals surface area contributed by atoms with Gasteiger partial charge in [0.25, 0.3) is 0 Å². The van der Waals surface area contributed by atoms with Gasteiger partial charge in [-0.1, -0.05) is 18.2 Å². The number of nitrogens with zero attached hydrogens (tertiary/aromatic N) is 1. The number of Topliss-reactive ketones (excluding diaryl/α,β-unsaturated/α-hetero) is 1. The molecule has 0 saturated carbocycles. The van der Waals surface area contributed by atoms with Crippen LogP contribution in [0.3, 0.4) is 0 Å². The Morgan fingerprint density at radius 2 is 2.06 bits per heavy atom. The summed E-state index contributed by atoms with van der Waals surface area (Å²) in [4.78, 5) is 30.4. The van der Waals surface area contributed by atoms with E-state index in [9.17, 15) is 22.8 Å². The lowest BCUT2D eigenvalue weighted by Crippen LogP contribution is -2.38. The topological polar surface area (TPSA) is 65.0 Å². The molecule has 1 aliphatic carbocycles. The Bertz CT molecular complexity index is 944. The van der Waals surface area contributed by atoms with Gasteiger partial charge in [0.2, 0.25) is 0 Å². The molecular formula is C23H24F3NO4. The second-order valence-electron chi connectivity index (χ2n) is 8.23. The van der Waals surface area contributed by atoms with E-state index in [0.29, 0.717) is 42.9 Å². The summed E-state index contributed by atoms with van der Waals surface area (Å²) in [5.41, 5.74) is 0.815. The number of halogens is 3. The number of ether oxygens (including phenoxy) is 2. The zero-order chi connectivity index (χ0) is 22.2. The average molecular weight is 435 g/mol. The van der Waals surface area contributed by atoms with Gasteiger partial charge in [-0.2, -0.15) is 13.2 Å². The number of carbonyl (C=O) groups is 2. The quantitative estimate of drug-likeness (QED) is 0.648. The monoisotopic (exact) mass is 435 g/mol. The summed E-state index contributed by atoms with van der Waals surface area (Å²) in [6.45, 7) is 2.36. The molecular weight excluding hydrogens is 411 g/mol. The first-order chi connectivity index (χ1) is 14.8. The van der Waals surface area contributed by atoms with Crippen LogP contribution < -0.4 is 0 Å². The zero-order valence-corrected chi connectivity index (χ0v) is 17.2. The molecule has 4 rings (SSSR count). The fourth-order valence-electron chi connectivity index (χ4n) is 4.62. The largest absolute Gasteiger partial charge is 0.462 e. The summed E-state index contributed by atoms with van der Waals surface area (Å²) in [6, 6.07) is 4.85. The molecule has 0 bridgehead atoms. The van der Waals surface area contributed by atoms with Gasteiger partial charge in [-0.05, 0) is 44.2 Å². The maximum atomic E-state index is 13.4. The molecule has 1 saturated heterocycles. The second kappa shape index (κ2) is 8.57. The molecule has 1 aromatic rings. The third-order valence-corrected chi connectivity index (χ3v) is 6.10. The lowest BCUT2D eigenvalue weighted by Gasteiger charge is -2.34. The van der Waals surface area contributed by atoms with Gasteiger partial charge in [-0.15, -0.1) is 0 Å². The molecule has 0 N–H and O–H groups in total. The molecule has 0 spiro atoms. The van der Waals surface area contributed by atoms with Crippen LogP contribution in [0.1, 0.15) is 56.1 Å². The minimum absolute atomic E-state index is 0.0811. The molecule has 1 aromatic carbocycles. The molecule has 0 amide bonds. The summed E-state index contributed by atoms with van der Waals surface area (Å²) in [6.07, 6.45) is -1.54. The lowest BCUT2D eigenvalue weighted by molar-refractivity contribution is -0.149. The normalized spacial score (nSPS) is 26.5. The maximum Gasteiger partial charge on any atom is 0.416 e. The lowest BCUT2D eigenvalue weighted by atomic mass is 9.71. The third-order valence-electron chi connectivity index (χ3n) is 6.10. The van der Waals surface area contributed by atoms with E-state index < -0.39 is 29.5 Å². The van der Waals surface area contributed by atoms with Crippen LogP contribution in [0.15, 0.2) is 40.5 Å². The van der Waals surface area contributed by atoms with E-state index in [2.05, 4.69) is 4.99 Å². The first-order valence-corrected chi connectivity index (χ1v) is 10.5. The van der Waals surface area contributed by atoms with Gasteiger partial charge < -0.3 is 9.47 Å². The van der Waals surface area contributed by atoms with Crippen molar-refractivity contribution in [3.05, 3.63) is 46.7 Å². The first-order valence-electron chi connectivity index (χ1n) is 10.5. The van der Waals surface area contributed by atoms with Crippen LogP contribution >= 0.6 is 0 Å². The van der Waals surface area contributed by atoms with Gasteiger partial charge in [0.05, 0.1) is 11.7 Å². The van der Waals surface area contributed by atoms with Gasteiger partial charge in [0, 0.05) is 35.9 Å². The van der Waals surface area contributed by atoms with Crippen molar-refractivity contribution in [1.29, 1.82) is 0 Å². The number of alkyl halides is 3. The minimum Gasteiger partial charge on any atom is -0.462 e. The van der Waals surface area contributed by atoms with E-state index in [0.717, 1.165) is 25.0 Å². The number of rotatable bonds is 4. The number of ketones is 1. The number of hydrogen-bond donors (Lipinski definition) is 0. The van der Waals surface area contributed by atoms with Crippen LogP contribution in [0.2, 0.25) is 0 Å². The highest BCUT2D eigenvalue weighted by molar-refractivity contribution is 6.08. The minimum atomic E-state index is -4.53. The summed E-state index contributed by atoms with van der Waals surface area (Å²) in [5, 5.41) is 0. The smallest absolute Gasteiger partial charge is 0.416 e. The van der Waals surface area contributed by atoms with Gasteiger partial charge in [0.15, 0.2) is 5.78 Å². The number of carbonyl (C=O) groups excluding carboxylic acids is 2. The Hall–Kier alpha value is -2.48. The van der Waals surface area contributed by atoms with Crippen molar-refractivity contribution in [2.24, 2.45) is 10.9 Å². The van der Waals surface area contributed by atoms with Crippen LogP contribution in [-0.4, -0.2) is 36.8 Å². The molecule has 166 valence electrons. The summed E-state index contributed by atoms with van der Waals surface area (Å²) in [5.74, 6) is -2.56. The SMILES string of the molecule is CC1=NC2=C(C(=O)CCC2)[C@@H](c2cccc(C(F)(F)F)c2)C1C(=O)OC[C@@H]1CCCO1. The second-order valence-corrected chi connectivity index (χ2v) is 8.23. The maximum absolute atomic E-state index is 13.4. The fraction of sp³-hybridized carbons (Fsp3) is 0.522. The molecule has 0 radical (unpaired) electrons. The molecule has 3 atom stereocenters. The fourth-order valence-corrected chi connectivity index (χ4v) is 4.62. The highest BCUT2D eigenvalue weighted by Crippen LogP contribution is 2.44. The van der Waals surface area contributed by atoms with Crippen LogP contribution in [-0.2, 0) is 25.2 Å². The Balaban J connectivity index is 1.72. The molecule has 0 aromatic heterocycles. The average Bonchev–Trinajstić information content (AvgIpc) is 3.24. The Morgan fingerprint density at radius 3 is 2.77 bits per heavy atom. The predicted octanol–water partition coefficient (Wildman–Crippen LogP) is 4.61. The number of benzene rings is 1. The van der Waals surface area contributed by atoms with E-state index in [-0.39, 0.29) is 24.1 Å². The third kappa shape index (κ3) is 4.44. The van der Waals surface area contributed by atoms with Crippen LogP contribution in [0, 0.1) is 5.92 Å². The van der Waals surface area contributed by atoms with Gasteiger partial charge in [0.1, 0.15) is 12.5 Å². The Morgan fingerprint density at radius 1 is 1.26 bits per heavy atom. The van der Waals surface area contributed by atoms with Gasteiger partial charge in [-0.3, -0.25) is 14.6 Å². The van der Waals surface area contributed by atoms with E-state index >= 15 is 0 Å².